The zero-order valence-corrected chi connectivity index (χ0v) is 15.1. The van der Waals surface area contributed by atoms with Crippen LogP contribution in [0.4, 0.5) is 11.5 Å². The second kappa shape index (κ2) is 7.32. The van der Waals surface area contributed by atoms with Gasteiger partial charge in [-0.25, -0.2) is 4.98 Å². The number of aromatic nitrogens is 2. The third kappa shape index (κ3) is 3.39. The normalized spacial score (nSPS) is 10.6. The Labute approximate surface area is 154 Å². The standard InChI is InChI=1S/C18H18N4O5/c1-20(11-12-7-8-13(26-2)14(10-12)27-3)17-16(22(24)25)18(23)21-9-5-4-6-15(21)19-17/h4-10H,11H2,1-3H3. The number of ether oxygens (including phenoxy) is 2. The molecule has 0 aliphatic carbocycles. The Morgan fingerprint density at radius 2 is 1.93 bits per heavy atom. The molecule has 1 aromatic carbocycles. The first kappa shape index (κ1) is 18.2. The van der Waals surface area contributed by atoms with Gasteiger partial charge in [0.05, 0.1) is 19.1 Å². The Hall–Kier alpha value is -3.62. The van der Waals surface area contributed by atoms with Gasteiger partial charge in [-0.15, -0.1) is 0 Å². The van der Waals surface area contributed by atoms with Crippen molar-refractivity contribution < 1.29 is 14.4 Å². The Bertz CT molecular complexity index is 1060. The smallest absolute Gasteiger partial charge is 0.376 e. The molecule has 2 aromatic heterocycles. The van der Waals surface area contributed by atoms with Crippen molar-refractivity contribution in [3.8, 4) is 11.5 Å². The topological polar surface area (TPSA) is 99.2 Å². The summed E-state index contributed by atoms with van der Waals surface area (Å²) >= 11 is 0. The number of benzene rings is 1. The van der Waals surface area contributed by atoms with E-state index in [0.29, 0.717) is 17.1 Å². The Morgan fingerprint density at radius 1 is 1.19 bits per heavy atom. The van der Waals surface area contributed by atoms with Gasteiger partial charge < -0.3 is 14.4 Å². The van der Waals surface area contributed by atoms with Crippen LogP contribution in [-0.2, 0) is 6.54 Å². The summed E-state index contributed by atoms with van der Waals surface area (Å²) in [6.45, 7) is 0.288. The van der Waals surface area contributed by atoms with E-state index in [1.807, 2.05) is 6.07 Å². The van der Waals surface area contributed by atoms with Crippen LogP contribution < -0.4 is 19.9 Å². The van der Waals surface area contributed by atoms with Crippen molar-refractivity contribution in [3.63, 3.8) is 0 Å². The van der Waals surface area contributed by atoms with E-state index in [2.05, 4.69) is 4.98 Å². The maximum absolute atomic E-state index is 12.5. The van der Waals surface area contributed by atoms with Gasteiger partial charge in [-0.05, 0) is 29.8 Å². The third-order valence-corrected chi connectivity index (χ3v) is 4.10. The van der Waals surface area contributed by atoms with Crippen molar-refractivity contribution >= 4 is 17.2 Å². The molecule has 3 rings (SSSR count). The summed E-state index contributed by atoms with van der Waals surface area (Å²) in [4.78, 5) is 29.3. The van der Waals surface area contributed by atoms with Gasteiger partial charge in [0.1, 0.15) is 5.65 Å². The lowest BCUT2D eigenvalue weighted by molar-refractivity contribution is -0.385. The van der Waals surface area contributed by atoms with Crippen molar-refractivity contribution in [2.24, 2.45) is 0 Å². The third-order valence-electron chi connectivity index (χ3n) is 4.10. The van der Waals surface area contributed by atoms with Crippen molar-refractivity contribution in [3.05, 3.63) is 68.6 Å². The molecule has 0 saturated carbocycles. The molecule has 0 bridgehead atoms. The predicted molar refractivity (Wildman–Crippen MR) is 99.8 cm³/mol. The van der Waals surface area contributed by atoms with Crippen LogP contribution in [0.25, 0.3) is 5.65 Å². The summed E-state index contributed by atoms with van der Waals surface area (Å²) in [6.07, 6.45) is 1.45. The van der Waals surface area contributed by atoms with Crippen molar-refractivity contribution in [1.29, 1.82) is 0 Å². The predicted octanol–water partition coefficient (Wildman–Crippen LogP) is 2.26. The van der Waals surface area contributed by atoms with E-state index in [0.717, 1.165) is 9.96 Å². The molecule has 0 spiro atoms. The fraction of sp³-hybridized carbons (Fsp3) is 0.222. The molecule has 27 heavy (non-hydrogen) atoms. The number of methoxy groups -OCH3 is 2. The summed E-state index contributed by atoms with van der Waals surface area (Å²) in [5.74, 6) is 1.13. The van der Waals surface area contributed by atoms with E-state index in [1.54, 1.807) is 49.4 Å². The Balaban J connectivity index is 2.05. The molecule has 0 aliphatic heterocycles. The van der Waals surface area contributed by atoms with Gasteiger partial charge in [-0.2, -0.15) is 0 Å². The van der Waals surface area contributed by atoms with Crippen LogP contribution in [0.1, 0.15) is 5.56 Å². The lowest BCUT2D eigenvalue weighted by Crippen LogP contribution is -2.26. The molecule has 9 heteroatoms. The fourth-order valence-electron chi connectivity index (χ4n) is 2.82. The van der Waals surface area contributed by atoms with E-state index in [1.165, 1.54) is 13.3 Å². The average molecular weight is 370 g/mol. The molecule has 0 aliphatic rings. The number of fused-ring (bicyclic) bond motifs is 1. The van der Waals surface area contributed by atoms with Gasteiger partial charge in [-0.3, -0.25) is 19.3 Å². The molecular formula is C18H18N4O5. The van der Waals surface area contributed by atoms with E-state index in [9.17, 15) is 14.9 Å². The first-order chi connectivity index (χ1) is 13.0. The van der Waals surface area contributed by atoms with E-state index in [-0.39, 0.29) is 12.4 Å². The molecule has 2 heterocycles. The van der Waals surface area contributed by atoms with Crippen LogP contribution in [0, 0.1) is 10.1 Å². The maximum Gasteiger partial charge on any atom is 0.376 e. The lowest BCUT2D eigenvalue weighted by Gasteiger charge is -2.19. The van der Waals surface area contributed by atoms with Crippen molar-refractivity contribution in [2.75, 3.05) is 26.2 Å². The van der Waals surface area contributed by atoms with E-state index < -0.39 is 16.2 Å². The summed E-state index contributed by atoms with van der Waals surface area (Å²) in [6, 6.07) is 10.3. The summed E-state index contributed by atoms with van der Waals surface area (Å²) in [5.41, 5.74) is -0.136. The number of anilines is 1. The minimum Gasteiger partial charge on any atom is -0.493 e. The molecule has 0 N–H and O–H groups in total. The molecule has 3 aromatic rings. The van der Waals surface area contributed by atoms with E-state index >= 15 is 0 Å². The largest absolute Gasteiger partial charge is 0.493 e. The maximum atomic E-state index is 12.5. The highest BCUT2D eigenvalue weighted by atomic mass is 16.6. The van der Waals surface area contributed by atoms with Crippen LogP contribution >= 0.6 is 0 Å². The first-order valence-electron chi connectivity index (χ1n) is 8.04. The highest BCUT2D eigenvalue weighted by Gasteiger charge is 2.26. The van der Waals surface area contributed by atoms with Crippen molar-refractivity contribution in [1.82, 2.24) is 9.38 Å². The van der Waals surface area contributed by atoms with Crippen molar-refractivity contribution in [2.45, 2.75) is 6.54 Å². The zero-order chi connectivity index (χ0) is 19.6. The average Bonchev–Trinajstić information content (AvgIpc) is 2.67. The second-order valence-corrected chi connectivity index (χ2v) is 5.82. The number of rotatable bonds is 6. The number of pyridine rings is 1. The number of hydrogen-bond donors (Lipinski definition) is 0. The SMILES string of the molecule is COc1ccc(CN(C)c2nc3ccccn3c(=O)c2[N+](=O)[O-])cc1OC. The highest BCUT2D eigenvalue weighted by Crippen LogP contribution is 2.29. The quantitative estimate of drug-likeness (QED) is 0.485. The highest BCUT2D eigenvalue weighted by molar-refractivity contribution is 5.61. The minimum absolute atomic E-state index is 0.00554. The Kier molecular flexibility index (Phi) is 4.93. The number of nitrogens with zero attached hydrogens (tertiary/aromatic N) is 4. The second-order valence-electron chi connectivity index (χ2n) is 5.82. The molecule has 0 atom stereocenters. The van der Waals surface area contributed by atoms with Crippen LogP contribution in [0.15, 0.2) is 47.4 Å². The van der Waals surface area contributed by atoms with Gasteiger partial charge in [-0.1, -0.05) is 12.1 Å². The summed E-state index contributed by atoms with van der Waals surface area (Å²) < 4.78 is 11.7. The van der Waals surface area contributed by atoms with Crippen LogP contribution in [0.2, 0.25) is 0 Å². The Morgan fingerprint density at radius 3 is 2.59 bits per heavy atom. The van der Waals surface area contributed by atoms with Crippen LogP contribution in [-0.4, -0.2) is 35.6 Å². The van der Waals surface area contributed by atoms with Gasteiger partial charge in [0.25, 0.3) is 0 Å². The lowest BCUT2D eigenvalue weighted by atomic mass is 10.2. The molecule has 0 saturated heterocycles. The molecule has 9 nitrogen and oxygen atoms in total. The number of nitro groups is 1. The summed E-state index contributed by atoms with van der Waals surface area (Å²) in [5, 5.41) is 11.5. The molecule has 0 radical (unpaired) electrons. The minimum atomic E-state index is -0.722. The monoisotopic (exact) mass is 370 g/mol. The first-order valence-corrected chi connectivity index (χ1v) is 8.04. The molecule has 0 unspecified atom stereocenters. The van der Waals surface area contributed by atoms with Gasteiger partial charge in [0.15, 0.2) is 11.5 Å². The molecular weight excluding hydrogens is 352 g/mol. The van der Waals surface area contributed by atoms with Gasteiger partial charge in [0.2, 0.25) is 5.82 Å². The van der Waals surface area contributed by atoms with E-state index in [4.69, 9.17) is 9.47 Å². The van der Waals surface area contributed by atoms with Crippen LogP contribution in [0.5, 0.6) is 11.5 Å². The van der Waals surface area contributed by atoms with Gasteiger partial charge >= 0.3 is 11.2 Å². The van der Waals surface area contributed by atoms with Crippen LogP contribution in [0.3, 0.4) is 0 Å². The zero-order valence-electron chi connectivity index (χ0n) is 15.1. The molecule has 0 fully saturated rings. The fourth-order valence-corrected chi connectivity index (χ4v) is 2.82. The molecule has 0 amide bonds. The van der Waals surface area contributed by atoms with Gasteiger partial charge in [0, 0.05) is 19.8 Å². The number of hydrogen-bond acceptors (Lipinski definition) is 7. The summed E-state index contributed by atoms with van der Waals surface area (Å²) in [7, 11) is 4.71. The molecule has 140 valence electrons.